The van der Waals surface area contributed by atoms with Gasteiger partial charge in [-0.15, -0.1) is 5.10 Å². The molecule has 142 valence electrons. The average molecular weight is 427 g/mol. The van der Waals surface area contributed by atoms with Crippen LogP contribution in [-0.4, -0.2) is 20.2 Å². The second-order valence-electron chi connectivity index (χ2n) is 5.84. The molecular formula is C18H18Cl3N5O. The highest BCUT2D eigenvalue weighted by atomic mass is 35.5. The van der Waals surface area contributed by atoms with Gasteiger partial charge in [-0.05, 0) is 42.0 Å². The summed E-state index contributed by atoms with van der Waals surface area (Å²) in [5, 5.41) is 17.1. The number of hydrogen-bond acceptors (Lipinski definition) is 5. The first-order valence-corrected chi connectivity index (χ1v) is 9.55. The molecule has 0 saturated heterocycles. The van der Waals surface area contributed by atoms with Crippen molar-refractivity contribution in [3.63, 3.8) is 0 Å². The third-order valence-corrected chi connectivity index (χ3v) is 4.56. The summed E-state index contributed by atoms with van der Waals surface area (Å²) in [5.41, 5.74) is 1.72. The van der Waals surface area contributed by atoms with Gasteiger partial charge in [-0.1, -0.05) is 52.9 Å². The number of rotatable bonds is 8. The van der Waals surface area contributed by atoms with E-state index in [4.69, 9.17) is 39.5 Å². The van der Waals surface area contributed by atoms with Crippen molar-refractivity contribution in [1.29, 1.82) is 0 Å². The van der Waals surface area contributed by atoms with Crippen LogP contribution in [0, 0.1) is 0 Å². The van der Waals surface area contributed by atoms with Gasteiger partial charge in [0, 0.05) is 32.7 Å². The van der Waals surface area contributed by atoms with E-state index in [1.54, 1.807) is 23.0 Å². The van der Waals surface area contributed by atoms with Gasteiger partial charge >= 0.3 is 0 Å². The molecule has 0 bridgehead atoms. The van der Waals surface area contributed by atoms with Crippen molar-refractivity contribution in [2.75, 3.05) is 5.32 Å². The van der Waals surface area contributed by atoms with Crippen LogP contribution < -0.4 is 10.1 Å². The molecule has 6 nitrogen and oxygen atoms in total. The lowest BCUT2D eigenvalue weighted by Gasteiger charge is -2.13. The molecule has 0 aliphatic heterocycles. The first-order valence-electron chi connectivity index (χ1n) is 8.42. The van der Waals surface area contributed by atoms with Crippen LogP contribution in [0.15, 0.2) is 36.4 Å². The van der Waals surface area contributed by atoms with Crippen LogP contribution in [0.5, 0.6) is 5.75 Å². The molecule has 1 aromatic heterocycles. The summed E-state index contributed by atoms with van der Waals surface area (Å²) >= 11 is 18.3. The molecule has 3 aromatic rings. The zero-order chi connectivity index (χ0) is 19.2. The predicted octanol–water partition coefficient (Wildman–Crippen LogP) is 5.23. The molecule has 9 heteroatoms. The van der Waals surface area contributed by atoms with Crippen molar-refractivity contribution in [3.05, 3.63) is 62.6 Å². The van der Waals surface area contributed by atoms with Gasteiger partial charge < -0.3 is 10.1 Å². The van der Waals surface area contributed by atoms with Crippen molar-refractivity contribution in [2.45, 2.75) is 33.0 Å². The summed E-state index contributed by atoms with van der Waals surface area (Å²) in [4.78, 5) is 1.56. The Morgan fingerprint density at radius 3 is 2.59 bits per heavy atom. The molecule has 0 aliphatic carbocycles. The van der Waals surface area contributed by atoms with Crippen LogP contribution in [0.3, 0.4) is 0 Å². The van der Waals surface area contributed by atoms with Crippen LogP contribution in [0.1, 0.15) is 24.5 Å². The topological polar surface area (TPSA) is 64.9 Å². The molecule has 0 radical (unpaired) electrons. The number of nitrogens with one attached hydrogen (secondary N) is 1. The van der Waals surface area contributed by atoms with E-state index in [2.05, 4.69) is 27.7 Å². The normalized spacial score (nSPS) is 10.8. The summed E-state index contributed by atoms with van der Waals surface area (Å²) in [6, 6.07) is 10.8. The highest BCUT2D eigenvalue weighted by molar-refractivity contribution is 6.35. The monoisotopic (exact) mass is 425 g/mol. The Labute approximate surface area is 172 Å². The molecule has 0 amide bonds. The van der Waals surface area contributed by atoms with E-state index in [1.807, 2.05) is 18.2 Å². The third-order valence-electron chi connectivity index (χ3n) is 3.73. The van der Waals surface area contributed by atoms with E-state index in [0.717, 1.165) is 24.1 Å². The van der Waals surface area contributed by atoms with Gasteiger partial charge in [-0.2, -0.15) is 4.80 Å². The molecule has 0 atom stereocenters. The summed E-state index contributed by atoms with van der Waals surface area (Å²) < 4.78 is 5.94. The maximum absolute atomic E-state index is 6.21. The number of nitrogens with zero attached hydrogens (tertiary/aromatic N) is 4. The molecule has 0 fully saturated rings. The van der Waals surface area contributed by atoms with Gasteiger partial charge in [0.2, 0.25) is 0 Å². The first-order chi connectivity index (χ1) is 13.0. The molecule has 1 N–H and O–H groups in total. The summed E-state index contributed by atoms with van der Waals surface area (Å²) in [7, 11) is 0. The third kappa shape index (κ3) is 5.48. The maximum Gasteiger partial charge on any atom is 0.263 e. The minimum atomic E-state index is 0.315. The Bertz CT molecular complexity index is 916. The Morgan fingerprint density at radius 1 is 1.04 bits per heavy atom. The van der Waals surface area contributed by atoms with Gasteiger partial charge in [0.15, 0.2) is 0 Å². The van der Waals surface area contributed by atoms with Crippen molar-refractivity contribution in [1.82, 2.24) is 20.2 Å². The predicted molar refractivity (Wildman–Crippen MR) is 108 cm³/mol. The first kappa shape index (κ1) is 19.7. The molecule has 0 saturated carbocycles. The second-order valence-corrected chi connectivity index (χ2v) is 7.12. The van der Waals surface area contributed by atoms with Crippen molar-refractivity contribution in [2.24, 2.45) is 0 Å². The van der Waals surface area contributed by atoms with E-state index < -0.39 is 0 Å². The zero-order valence-electron chi connectivity index (χ0n) is 14.6. The van der Waals surface area contributed by atoms with Crippen LogP contribution >= 0.6 is 34.8 Å². The smallest absolute Gasteiger partial charge is 0.263 e. The van der Waals surface area contributed by atoms with Crippen LogP contribution in [-0.2, 0) is 19.7 Å². The number of halogens is 3. The number of anilines is 1. The van der Waals surface area contributed by atoms with E-state index in [-0.39, 0.29) is 0 Å². The average Bonchev–Trinajstić information content (AvgIpc) is 3.08. The molecule has 2 aromatic carbocycles. The van der Waals surface area contributed by atoms with Crippen molar-refractivity contribution in [3.8, 4) is 5.75 Å². The Hall–Kier alpha value is -2.02. The number of aryl methyl sites for hydroxylation is 1. The Kier molecular flexibility index (Phi) is 6.77. The van der Waals surface area contributed by atoms with Gasteiger partial charge in [0.1, 0.15) is 12.4 Å². The lowest BCUT2D eigenvalue weighted by atomic mass is 10.2. The molecule has 0 spiro atoms. The molecular weight excluding hydrogens is 409 g/mol. The Balaban J connectivity index is 1.68. The van der Waals surface area contributed by atoms with E-state index in [0.29, 0.717) is 39.9 Å². The highest BCUT2D eigenvalue weighted by Crippen LogP contribution is 2.27. The summed E-state index contributed by atoms with van der Waals surface area (Å²) in [6.45, 7) is 3.54. The van der Waals surface area contributed by atoms with Crippen LogP contribution in [0.4, 0.5) is 5.95 Å². The number of benzene rings is 2. The number of aromatic nitrogens is 4. The number of tetrazole rings is 1. The van der Waals surface area contributed by atoms with E-state index in [1.165, 1.54) is 0 Å². The number of hydrogen-bond donors (Lipinski definition) is 1. The SMILES string of the molecule is CCCn1nnc(NCc2cc(Cl)ccc2OCc2ccc(Cl)cc2Cl)n1. The van der Waals surface area contributed by atoms with Crippen molar-refractivity contribution >= 4 is 40.8 Å². The zero-order valence-corrected chi connectivity index (χ0v) is 16.9. The quantitative estimate of drug-likeness (QED) is 0.534. The molecule has 1 heterocycles. The lowest BCUT2D eigenvalue weighted by molar-refractivity contribution is 0.303. The minimum absolute atomic E-state index is 0.315. The minimum Gasteiger partial charge on any atom is -0.488 e. The summed E-state index contributed by atoms with van der Waals surface area (Å²) in [5.74, 6) is 1.15. The second kappa shape index (κ2) is 9.26. The number of ether oxygens (including phenoxy) is 1. The van der Waals surface area contributed by atoms with E-state index >= 15 is 0 Å². The van der Waals surface area contributed by atoms with Gasteiger partial charge in [-0.3, -0.25) is 0 Å². The van der Waals surface area contributed by atoms with Gasteiger partial charge in [-0.25, -0.2) is 0 Å². The van der Waals surface area contributed by atoms with Gasteiger partial charge in [0.25, 0.3) is 5.95 Å². The molecule has 27 heavy (non-hydrogen) atoms. The molecule has 0 unspecified atom stereocenters. The fraction of sp³-hybridized carbons (Fsp3) is 0.278. The van der Waals surface area contributed by atoms with Gasteiger partial charge in [0.05, 0.1) is 6.54 Å². The fourth-order valence-electron chi connectivity index (χ4n) is 2.40. The van der Waals surface area contributed by atoms with Crippen LogP contribution in [0.25, 0.3) is 0 Å². The van der Waals surface area contributed by atoms with E-state index in [9.17, 15) is 0 Å². The lowest BCUT2D eigenvalue weighted by Crippen LogP contribution is -2.06. The van der Waals surface area contributed by atoms with Crippen LogP contribution in [0.2, 0.25) is 15.1 Å². The largest absolute Gasteiger partial charge is 0.488 e. The maximum atomic E-state index is 6.21. The highest BCUT2D eigenvalue weighted by Gasteiger charge is 2.09. The molecule has 3 rings (SSSR count). The van der Waals surface area contributed by atoms with Crippen molar-refractivity contribution < 1.29 is 4.74 Å². The summed E-state index contributed by atoms with van der Waals surface area (Å²) in [6.07, 6.45) is 0.940. The molecule has 0 aliphatic rings. The Morgan fingerprint density at radius 2 is 1.81 bits per heavy atom. The fourth-order valence-corrected chi connectivity index (χ4v) is 3.06. The standard InChI is InChI=1S/C18H18Cl3N5O/c1-2-7-26-24-18(23-25-26)22-10-13-8-14(19)5-6-17(13)27-11-12-3-4-15(20)9-16(12)21/h3-6,8-9H,2,7,10-11H2,1H3,(H,22,24).